The maximum absolute atomic E-state index is 11.6. The number of benzene rings is 2. The lowest BCUT2D eigenvalue weighted by Gasteiger charge is -2.09. The predicted molar refractivity (Wildman–Crippen MR) is 92.9 cm³/mol. The summed E-state index contributed by atoms with van der Waals surface area (Å²) in [4.78, 5) is 28.5. The van der Waals surface area contributed by atoms with Gasteiger partial charge in [0.15, 0.2) is 0 Å². The summed E-state index contributed by atoms with van der Waals surface area (Å²) in [7, 11) is 0. The molecule has 0 aliphatic rings. The number of aromatic nitrogens is 1. The Labute approximate surface area is 142 Å². The van der Waals surface area contributed by atoms with Crippen molar-refractivity contribution in [3.8, 4) is 11.3 Å². The Balaban J connectivity index is 2.30. The summed E-state index contributed by atoms with van der Waals surface area (Å²) < 4.78 is 0. The van der Waals surface area contributed by atoms with Crippen molar-refractivity contribution in [3.05, 3.63) is 59.7 Å². The van der Waals surface area contributed by atoms with E-state index in [9.17, 15) is 19.8 Å². The number of hydrogen-bond acceptors (Lipinski definition) is 4. The van der Waals surface area contributed by atoms with Crippen LogP contribution in [0.5, 0.6) is 0 Å². The molecule has 120 valence electrons. The Bertz CT molecular complexity index is 951. The minimum absolute atomic E-state index is 0.0161. The Morgan fingerprint density at radius 2 is 1.62 bits per heavy atom. The highest BCUT2D eigenvalue weighted by atomic mass is 32.2. The van der Waals surface area contributed by atoms with E-state index in [0.717, 1.165) is 10.5 Å². The molecule has 0 aliphatic heterocycles. The number of para-hydroxylation sites is 1. The maximum Gasteiger partial charge on any atom is 0.337 e. The molecule has 5 nitrogen and oxygen atoms in total. The summed E-state index contributed by atoms with van der Waals surface area (Å²) in [6.45, 7) is 0. The highest BCUT2D eigenvalue weighted by Crippen LogP contribution is 2.28. The second-order valence-electron chi connectivity index (χ2n) is 5.10. The molecule has 1 aromatic heterocycles. The molecule has 6 heteroatoms. The molecule has 2 aromatic carbocycles. The van der Waals surface area contributed by atoms with Gasteiger partial charge < -0.3 is 10.2 Å². The molecule has 1 heterocycles. The van der Waals surface area contributed by atoms with Crippen LogP contribution in [0.25, 0.3) is 22.2 Å². The molecule has 0 aliphatic carbocycles. The molecule has 0 fully saturated rings. The lowest BCUT2D eigenvalue weighted by molar-refractivity contribution is 0.0686. The summed E-state index contributed by atoms with van der Waals surface area (Å²) in [6, 6.07) is 13.5. The van der Waals surface area contributed by atoms with Gasteiger partial charge in [0.25, 0.3) is 0 Å². The van der Waals surface area contributed by atoms with Crippen molar-refractivity contribution >= 4 is 34.6 Å². The van der Waals surface area contributed by atoms with Crippen LogP contribution in [0.4, 0.5) is 0 Å². The van der Waals surface area contributed by atoms with Gasteiger partial charge in [0.1, 0.15) is 0 Å². The fraction of sp³-hybridized carbons (Fsp3) is 0.0556. The smallest absolute Gasteiger partial charge is 0.337 e. The van der Waals surface area contributed by atoms with E-state index in [2.05, 4.69) is 4.98 Å². The minimum atomic E-state index is -1.14. The van der Waals surface area contributed by atoms with Crippen LogP contribution < -0.4 is 0 Å². The Morgan fingerprint density at radius 3 is 2.21 bits per heavy atom. The number of carboxylic acid groups (broad SMARTS) is 2. The molecule has 0 bridgehead atoms. The predicted octanol–water partition coefficient (Wildman–Crippen LogP) is 4.02. The lowest BCUT2D eigenvalue weighted by Crippen LogP contribution is -2.04. The summed E-state index contributed by atoms with van der Waals surface area (Å²) in [5, 5.41) is 19.2. The molecule has 0 radical (unpaired) electrons. The van der Waals surface area contributed by atoms with Crippen molar-refractivity contribution < 1.29 is 19.8 Å². The molecule has 0 saturated carbocycles. The van der Waals surface area contributed by atoms with E-state index in [-0.39, 0.29) is 16.6 Å². The second-order valence-corrected chi connectivity index (χ2v) is 5.98. The Kier molecular flexibility index (Phi) is 4.22. The number of pyridine rings is 1. The van der Waals surface area contributed by atoms with E-state index >= 15 is 0 Å². The largest absolute Gasteiger partial charge is 0.478 e. The molecule has 0 spiro atoms. The van der Waals surface area contributed by atoms with Crippen molar-refractivity contribution in [1.82, 2.24) is 4.98 Å². The van der Waals surface area contributed by atoms with Gasteiger partial charge in [-0.1, -0.05) is 24.3 Å². The highest BCUT2D eigenvalue weighted by molar-refractivity contribution is 7.98. The summed E-state index contributed by atoms with van der Waals surface area (Å²) in [5.74, 6) is -2.26. The van der Waals surface area contributed by atoms with Crippen LogP contribution in [0, 0.1) is 0 Å². The third-order valence-corrected chi connectivity index (χ3v) is 4.43. The zero-order valence-electron chi connectivity index (χ0n) is 12.7. The first-order valence-electron chi connectivity index (χ1n) is 7.06. The van der Waals surface area contributed by atoms with Crippen LogP contribution in [0.15, 0.2) is 53.4 Å². The van der Waals surface area contributed by atoms with E-state index in [0.29, 0.717) is 11.1 Å². The van der Waals surface area contributed by atoms with E-state index in [1.54, 1.807) is 17.8 Å². The van der Waals surface area contributed by atoms with E-state index in [4.69, 9.17) is 0 Å². The van der Waals surface area contributed by atoms with Crippen LogP contribution in [-0.2, 0) is 0 Å². The zero-order valence-corrected chi connectivity index (χ0v) is 13.5. The van der Waals surface area contributed by atoms with Crippen LogP contribution in [-0.4, -0.2) is 33.4 Å². The van der Waals surface area contributed by atoms with Crippen molar-refractivity contribution in [1.29, 1.82) is 0 Å². The molecule has 0 unspecified atom stereocenters. The molecule has 0 saturated heterocycles. The Morgan fingerprint density at radius 1 is 0.958 bits per heavy atom. The van der Waals surface area contributed by atoms with Crippen molar-refractivity contribution in [2.24, 2.45) is 0 Å². The van der Waals surface area contributed by atoms with E-state index in [1.807, 2.05) is 30.5 Å². The zero-order chi connectivity index (χ0) is 17.3. The van der Waals surface area contributed by atoms with Crippen LogP contribution in [0.2, 0.25) is 0 Å². The average molecular weight is 339 g/mol. The van der Waals surface area contributed by atoms with Gasteiger partial charge in [-0.25, -0.2) is 14.6 Å². The normalized spacial score (nSPS) is 10.7. The average Bonchev–Trinajstić information content (AvgIpc) is 2.60. The number of fused-ring (bicyclic) bond motifs is 1. The van der Waals surface area contributed by atoms with Gasteiger partial charge in [-0.05, 0) is 30.5 Å². The second kappa shape index (κ2) is 6.33. The van der Waals surface area contributed by atoms with Crippen molar-refractivity contribution in [3.63, 3.8) is 0 Å². The highest BCUT2D eigenvalue weighted by Gasteiger charge is 2.17. The molecule has 2 N–H and O–H groups in total. The number of hydrogen-bond donors (Lipinski definition) is 2. The molecule has 24 heavy (non-hydrogen) atoms. The monoisotopic (exact) mass is 339 g/mol. The fourth-order valence-corrected chi connectivity index (χ4v) is 2.92. The van der Waals surface area contributed by atoms with Crippen LogP contribution in [0.3, 0.4) is 0 Å². The molecule has 3 rings (SSSR count). The summed E-state index contributed by atoms with van der Waals surface area (Å²) in [6.07, 6.45) is 1.96. The van der Waals surface area contributed by atoms with Gasteiger partial charge in [0.05, 0.1) is 22.3 Å². The van der Waals surface area contributed by atoms with Gasteiger partial charge in [-0.3, -0.25) is 0 Å². The van der Waals surface area contributed by atoms with Gasteiger partial charge in [0.2, 0.25) is 0 Å². The first-order valence-corrected chi connectivity index (χ1v) is 8.28. The number of aromatic carboxylic acids is 2. The molecular formula is C18H13NO4S. The SMILES string of the molecule is CSc1ccc(-c2cc(C(=O)O)c3cccc(C(=O)O)c3n2)cc1. The molecule has 3 aromatic rings. The molecular weight excluding hydrogens is 326 g/mol. The number of carbonyl (C=O) groups is 2. The molecule has 0 atom stereocenters. The van der Waals surface area contributed by atoms with Crippen molar-refractivity contribution in [2.75, 3.05) is 6.26 Å². The Hall–Kier alpha value is -2.86. The third kappa shape index (κ3) is 2.83. The standard InChI is InChI=1S/C18H13NO4S/c1-24-11-7-5-10(6-8-11)15-9-14(18(22)23)12-3-2-4-13(17(20)21)16(12)19-15/h2-9H,1H3,(H,20,21)(H,22,23). The van der Waals surface area contributed by atoms with Gasteiger partial charge in [0, 0.05) is 15.8 Å². The minimum Gasteiger partial charge on any atom is -0.478 e. The maximum atomic E-state index is 11.6. The van der Waals surface area contributed by atoms with Crippen LogP contribution >= 0.6 is 11.8 Å². The topological polar surface area (TPSA) is 87.5 Å². The van der Waals surface area contributed by atoms with E-state index < -0.39 is 11.9 Å². The summed E-state index contributed by atoms with van der Waals surface area (Å²) >= 11 is 1.60. The van der Waals surface area contributed by atoms with E-state index in [1.165, 1.54) is 18.2 Å². The van der Waals surface area contributed by atoms with Gasteiger partial charge in [-0.15, -0.1) is 11.8 Å². The first kappa shape index (κ1) is 16.0. The number of nitrogens with zero attached hydrogens (tertiary/aromatic N) is 1. The number of carboxylic acids is 2. The summed E-state index contributed by atoms with van der Waals surface area (Å²) in [5.41, 5.74) is 1.36. The molecule has 0 amide bonds. The third-order valence-electron chi connectivity index (χ3n) is 3.69. The van der Waals surface area contributed by atoms with Gasteiger partial charge >= 0.3 is 11.9 Å². The van der Waals surface area contributed by atoms with Crippen LogP contribution in [0.1, 0.15) is 20.7 Å². The van der Waals surface area contributed by atoms with Gasteiger partial charge in [-0.2, -0.15) is 0 Å². The number of thioether (sulfide) groups is 1. The first-order chi connectivity index (χ1) is 11.5. The van der Waals surface area contributed by atoms with Crippen molar-refractivity contribution in [2.45, 2.75) is 4.90 Å². The lowest BCUT2D eigenvalue weighted by atomic mass is 10.0. The number of rotatable bonds is 4. The fourth-order valence-electron chi connectivity index (χ4n) is 2.51. The quantitative estimate of drug-likeness (QED) is 0.698.